The lowest BCUT2D eigenvalue weighted by molar-refractivity contribution is 0.415. The van der Waals surface area contributed by atoms with E-state index in [0.29, 0.717) is 5.03 Å². The Morgan fingerprint density at radius 2 is 1.90 bits per heavy atom. The predicted octanol–water partition coefficient (Wildman–Crippen LogP) is 6.68. The standard InChI is InChI=1S/C24H34ClN3O/c1-6-11-24(26-16-21(25)17(4)27-20(7-2)8-3)28-22-14-18-12-9-10-13-19(18)15-23(22)29-5/h7,11,14-16,27-28H,6,8-10,12-13H2,1-5H3/b20-7+,21-17-,24-11-,26-16-. The molecular weight excluding hydrogens is 382 g/mol. The Morgan fingerprint density at radius 3 is 2.48 bits per heavy atom. The van der Waals surface area contributed by atoms with Gasteiger partial charge in [-0.1, -0.05) is 31.5 Å². The molecule has 2 N–H and O–H groups in total. The summed E-state index contributed by atoms with van der Waals surface area (Å²) in [6.07, 6.45) is 12.3. The fraction of sp³-hybridized carbons (Fsp3) is 0.458. The minimum absolute atomic E-state index is 0.582. The molecule has 1 aliphatic rings. The SMILES string of the molecule is C/C=C(\CC)N/C(C)=C(Cl)/C=N\C(=C\CC)Nc1cc2c(cc1OC)CCCC2. The fourth-order valence-electron chi connectivity index (χ4n) is 3.39. The lowest BCUT2D eigenvalue weighted by Gasteiger charge is -2.20. The number of benzene rings is 1. The van der Waals surface area contributed by atoms with E-state index < -0.39 is 0 Å². The molecule has 0 radical (unpaired) electrons. The van der Waals surface area contributed by atoms with Gasteiger partial charge in [0.15, 0.2) is 0 Å². The smallest absolute Gasteiger partial charge is 0.142 e. The van der Waals surface area contributed by atoms with Crippen LogP contribution < -0.4 is 15.4 Å². The van der Waals surface area contributed by atoms with Gasteiger partial charge in [0.1, 0.15) is 11.6 Å². The van der Waals surface area contributed by atoms with Gasteiger partial charge in [-0.05, 0) is 81.7 Å². The second-order valence-electron chi connectivity index (χ2n) is 7.17. The van der Waals surface area contributed by atoms with Crippen molar-refractivity contribution in [2.75, 3.05) is 12.4 Å². The van der Waals surface area contributed by atoms with Crippen LogP contribution >= 0.6 is 11.6 Å². The highest BCUT2D eigenvalue weighted by Gasteiger charge is 2.14. The average Bonchev–Trinajstić information content (AvgIpc) is 2.74. The molecule has 0 aromatic heterocycles. The summed E-state index contributed by atoms with van der Waals surface area (Å²) < 4.78 is 5.63. The molecule has 1 aromatic rings. The van der Waals surface area contributed by atoms with Crippen molar-refractivity contribution in [1.82, 2.24) is 5.32 Å². The normalized spacial score (nSPS) is 15.8. The average molecular weight is 416 g/mol. The molecule has 0 bridgehead atoms. The number of nitrogens with zero attached hydrogens (tertiary/aromatic N) is 1. The largest absolute Gasteiger partial charge is 0.495 e. The Kier molecular flexibility index (Phi) is 9.33. The first-order chi connectivity index (χ1) is 14.0. The van der Waals surface area contributed by atoms with Crippen molar-refractivity contribution in [2.24, 2.45) is 4.99 Å². The van der Waals surface area contributed by atoms with Crippen molar-refractivity contribution in [1.29, 1.82) is 0 Å². The van der Waals surface area contributed by atoms with Gasteiger partial charge in [-0.2, -0.15) is 0 Å². The maximum atomic E-state index is 6.45. The van der Waals surface area contributed by atoms with Crippen LogP contribution in [0.5, 0.6) is 5.75 Å². The number of hydrogen-bond donors (Lipinski definition) is 2. The first-order valence-electron chi connectivity index (χ1n) is 10.5. The Balaban J connectivity index is 2.22. The fourth-order valence-corrected chi connectivity index (χ4v) is 3.48. The number of aryl methyl sites for hydroxylation is 2. The number of halogens is 1. The summed E-state index contributed by atoms with van der Waals surface area (Å²) in [5.74, 6) is 1.61. The molecule has 0 unspecified atom stereocenters. The van der Waals surface area contributed by atoms with Crippen LogP contribution in [0.3, 0.4) is 0 Å². The Bertz CT molecular complexity index is 822. The second-order valence-corrected chi connectivity index (χ2v) is 7.58. The summed E-state index contributed by atoms with van der Waals surface area (Å²) in [6, 6.07) is 4.37. The van der Waals surface area contributed by atoms with Crippen LogP contribution in [0.15, 0.2) is 51.5 Å². The van der Waals surface area contributed by atoms with Crippen molar-refractivity contribution < 1.29 is 4.74 Å². The monoisotopic (exact) mass is 415 g/mol. The maximum Gasteiger partial charge on any atom is 0.142 e. The number of aliphatic imine (C=N–C) groups is 1. The van der Waals surface area contributed by atoms with E-state index in [0.717, 1.165) is 54.3 Å². The Hall–Kier alpha value is -2.20. The second kappa shape index (κ2) is 11.7. The van der Waals surface area contributed by atoms with Gasteiger partial charge in [0.25, 0.3) is 0 Å². The quantitative estimate of drug-likeness (QED) is 0.442. The molecule has 0 spiro atoms. The van der Waals surface area contributed by atoms with Gasteiger partial charge in [0.05, 0.1) is 17.8 Å². The van der Waals surface area contributed by atoms with Crippen molar-refractivity contribution >= 4 is 23.5 Å². The van der Waals surface area contributed by atoms with Gasteiger partial charge in [-0.15, -0.1) is 0 Å². The van der Waals surface area contributed by atoms with E-state index in [4.69, 9.17) is 16.3 Å². The third kappa shape index (κ3) is 6.67. The van der Waals surface area contributed by atoms with Crippen LogP contribution in [0.25, 0.3) is 0 Å². The summed E-state index contributed by atoms with van der Waals surface area (Å²) >= 11 is 6.45. The number of ether oxygens (including phenoxy) is 1. The lowest BCUT2D eigenvalue weighted by Crippen LogP contribution is -2.11. The first-order valence-corrected chi connectivity index (χ1v) is 10.9. The number of fused-ring (bicyclic) bond motifs is 1. The van der Waals surface area contributed by atoms with E-state index in [2.05, 4.69) is 47.7 Å². The van der Waals surface area contributed by atoms with E-state index in [-0.39, 0.29) is 0 Å². The molecule has 0 atom stereocenters. The molecule has 0 heterocycles. The number of nitrogens with one attached hydrogen (secondary N) is 2. The first kappa shape index (κ1) is 23.1. The molecule has 29 heavy (non-hydrogen) atoms. The van der Waals surface area contributed by atoms with Gasteiger partial charge >= 0.3 is 0 Å². The summed E-state index contributed by atoms with van der Waals surface area (Å²) in [7, 11) is 1.71. The minimum atomic E-state index is 0.582. The number of anilines is 1. The van der Waals surface area contributed by atoms with Crippen molar-refractivity contribution in [3.05, 3.63) is 57.7 Å². The third-order valence-electron chi connectivity index (χ3n) is 5.08. The highest BCUT2D eigenvalue weighted by Crippen LogP contribution is 2.33. The van der Waals surface area contributed by atoms with Crippen LogP contribution in [0.2, 0.25) is 0 Å². The zero-order valence-corrected chi connectivity index (χ0v) is 19.1. The highest BCUT2D eigenvalue weighted by atomic mass is 35.5. The van der Waals surface area contributed by atoms with Gasteiger partial charge in [-0.25, -0.2) is 4.99 Å². The minimum Gasteiger partial charge on any atom is -0.495 e. The van der Waals surface area contributed by atoms with Crippen LogP contribution in [0.4, 0.5) is 5.69 Å². The lowest BCUT2D eigenvalue weighted by atomic mass is 9.91. The van der Waals surface area contributed by atoms with Gasteiger partial charge in [0, 0.05) is 17.6 Å². The van der Waals surface area contributed by atoms with Crippen molar-refractivity contribution in [2.45, 2.75) is 66.2 Å². The molecule has 5 heteroatoms. The Labute approximate surface area is 180 Å². The number of hydrogen-bond acceptors (Lipinski definition) is 4. The van der Waals surface area contributed by atoms with E-state index in [1.54, 1.807) is 13.3 Å². The summed E-state index contributed by atoms with van der Waals surface area (Å²) in [5, 5.41) is 7.35. The molecule has 0 saturated heterocycles. The third-order valence-corrected chi connectivity index (χ3v) is 5.46. The van der Waals surface area contributed by atoms with Gasteiger partial charge in [0.2, 0.25) is 0 Å². The van der Waals surface area contributed by atoms with E-state index >= 15 is 0 Å². The predicted molar refractivity (Wildman–Crippen MR) is 126 cm³/mol. The van der Waals surface area contributed by atoms with Crippen molar-refractivity contribution in [3.8, 4) is 5.75 Å². The molecular formula is C24H34ClN3O. The van der Waals surface area contributed by atoms with Gasteiger partial charge in [-0.3, -0.25) is 0 Å². The highest BCUT2D eigenvalue weighted by molar-refractivity contribution is 6.39. The van der Waals surface area contributed by atoms with Gasteiger partial charge < -0.3 is 15.4 Å². The van der Waals surface area contributed by atoms with Crippen molar-refractivity contribution in [3.63, 3.8) is 0 Å². The number of methoxy groups -OCH3 is 1. The summed E-state index contributed by atoms with van der Waals surface area (Å²) in [6.45, 7) is 8.16. The zero-order chi connectivity index (χ0) is 21.2. The molecule has 4 nitrogen and oxygen atoms in total. The Morgan fingerprint density at radius 1 is 1.21 bits per heavy atom. The van der Waals surface area contributed by atoms with E-state index in [9.17, 15) is 0 Å². The van der Waals surface area contributed by atoms with Crippen LogP contribution in [0.1, 0.15) is 64.5 Å². The molecule has 0 aliphatic heterocycles. The van der Waals surface area contributed by atoms with E-state index in [1.807, 2.05) is 19.9 Å². The summed E-state index contributed by atoms with van der Waals surface area (Å²) in [4.78, 5) is 4.60. The molecule has 158 valence electrons. The van der Waals surface area contributed by atoms with E-state index in [1.165, 1.54) is 24.0 Å². The topological polar surface area (TPSA) is 45.7 Å². The van der Waals surface area contributed by atoms with Crippen LogP contribution in [-0.4, -0.2) is 13.3 Å². The molecule has 1 aromatic carbocycles. The summed E-state index contributed by atoms with van der Waals surface area (Å²) in [5.41, 5.74) is 5.76. The molecule has 2 rings (SSSR count). The molecule has 1 aliphatic carbocycles. The van der Waals surface area contributed by atoms with Crippen LogP contribution in [-0.2, 0) is 12.8 Å². The van der Waals surface area contributed by atoms with Crippen LogP contribution in [0, 0.1) is 0 Å². The maximum absolute atomic E-state index is 6.45. The number of allylic oxidation sites excluding steroid dienone is 5. The molecule has 0 saturated carbocycles. The zero-order valence-electron chi connectivity index (χ0n) is 18.4. The molecule has 0 fully saturated rings. The number of rotatable bonds is 9. The molecule has 0 amide bonds.